The summed E-state index contributed by atoms with van der Waals surface area (Å²) in [5, 5.41) is 9.66. The predicted molar refractivity (Wildman–Crippen MR) is 63.6 cm³/mol. The SMILES string of the molecule is C[C@H](C1=CCCc2ccccc21)[C@@H](C)O. The first-order valence-corrected chi connectivity index (χ1v) is 5.66. The molecule has 0 heterocycles. The first kappa shape index (κ1) is 10.4. The minimum atomic E-state index is -0.276. The Kier molecular flexibility index (Phi) is 2.92. The standard InChI is InChI=1S/C14H18O/c1-10(11(2)15)13-9-5-7-12-6-3-4-8-14(12)13/h3-4,6,8-11,15H,5,7H2,1-2H3/t10-,11+/m0/s1. The topological polar surface area (TPSA) is 20.2 Å². The summed E-state index contributed by atoms with van der Waals surface area (Å²) in [5.41, 5.74) is 4.06. The third-order valence-electron chi connectivity index (χ3n) is 3.32. The summed E-state index contributed by atoms with van der Waals surface area (Å²) >= 11 is 0. The molecule has 1 aromatic rings. The molecule has 0 aromatic heterocycles. The van der Waals surface area contributed by atoms with Crippen LogP contribution in [0.1, 0.15) is 31.4 Å². The zero-order valence-electron chi connectivity index (χ0n) is 9.40. The van der Waals surface area contributed by atoms with Crippen LogP contribution < -0.4 is 0 Å². The van der Waals surface area contributed by atoms with E-state index in [0.717, 1.165) is 12.8 Å². The summed E-state index contributed by atoms with van der Waals surface area (Å²) in [5.74, 6) is 0.228. The molecule has 0 saturated carbocycles. The fraction of sp³-hybridized carbons (Fsp3) is 0.429. The highest BCUT2D eigenvalue weighted by Crippen LogP contribution is 2.32. The van der Waals surface area contributed by atoms with Gasteiger partial charge in [0, 0.05) is 5.92 Å². The number of allylic oxidation sites excluding steroid dienone is 1. The molecule has 1 nitrogen and oxygen atoms in total. The fourth-order valence-electron chi connectivity index (χ4n) is 2.20. The Morgan fingerprint density at radius 1 is 1.20 bits per heavy atom. The lowest BCUT2D eigenvalue weighted by atomic mass is 9.82. The van der Waals surface area contributed by atoms with Crippen molar-refractivity contribution in [1.29, 1.82) is 0 Å². The van der Waals surface area contributed by atoms with Crippen molar-refractivity contribution >= 4 is 5.57 Å². The molecule has 1 heteroatoms. The molecule has 0 aliphatic heterocycles. The summed E-state index contributed by atoms with van der Waals surface area (Å²) in [7, 11) is 0. The van der Waals surface area contributed by atoms with Crippen LogP contribution >= 0.6 is 0 Å². The van der Waals surface area contributed by atoms with E-state index in [1.165, 1.54) is 16.7 Å². The average molecular weight is 202 g/mol. The highest BCUT2D eigenvalue weighted by Gasteiger charge is 2.20. The Hall–Kier alpha value is -1.08. The van der Waals surface area contributed by atoms with Gasteiger partial charge in [-0.2, -0.15) is 0 Å². The van der Waals surface area contributed by atoms with Crippen LogP contribution in [-0.4, -0.2) is 11.2 Å². The van der Waals surface area contributed by atoms with Crippen molar-refractivity contribution in [3.05, 3.63) is 41.5 Å². The second kappa shape index (κ2) is 4.19. The molecule has 1 N–H and O–H groups in total. The molecule has 1 aliphatic rings. The minimum absolute atomic E-state index is 0.228. The number of rotatable bonds is 2. The van der Waals surface area contributed by atoms with Gasteiger partial charge in [0.25, 0.3) is 0 Å². The van der Waals surface area contributed by atoms with Crippen LogP contribution in [0, 0.1) is 5.92 Å². The molecule has 0 spiro atoms. The average Bonchev–Trinajstić information content (AvgIpc) is 2.27. The van der Waals surface area contributed by atoms with Gasteiger partial charge in [-0.05, 0) is 36.5 Å². The molecule has 1 aliphatic carbocycles. The molecule has 0 amide bonds. The lowest BCUT2D eigenvalue weighted by Gasteiger charge is -2.24. The molecule has 0 saturated heterocycles. The van der Waals surface area contributed by atoms with Crippen molar-refractivity contribution < 1.29 is 5.11 Å². The zero-order chi connectivity index (χ0) is 10.8. The van der Waals surface area contributed by atoms with Crippen LogP contribution in [0.15, 0.2) is 30.3 Å². The Bertz CT molecular complexity index is 377. The number of hydrogen-bond acceptors (Lipinski definition) is 1. The Morgan fingerprint density at radius 2 is 1.93 bits per heavy atom. The molecular formula is C14H18O. The van der Waals surface area contributed by atoms with E-state index < -0.39 is 0 Å². The largest absolute Gasteiger partial charge is 0.393 e. The number of fused-ring (bicyclic) bond motifs is 1. The van der Waals surface area contributed by atoms with Gasteiger partial charge in [-0.3, -0.25) is 0 Å². The van der Waals surface area contributed by atoms with Crippen molar-refractivity contribution in [2.75, 3.05) is 0 Å². The van der Waals surface area contributed by atoms with Gasteiger partial charge in [0.1, 0.15) is 0 Å². The molecule has 15 heavy (non-hydrogen) atoms. The molecule has 2 atom stereocenters. The molecule has 0 bridgehead atoms. The van der Waals surface area contributed by atoms with Gasteiger partial charge in [-0.15, -0.1) is 0 Å². The first-order chi connectivity index (χ1) is 7.20. The maximum atomic E-state index is 9.66. The molecule has 2 rings (SSSR count). The van der Waals surface area contributed by atoms with Crippen molar-refractivity contribution in [1.82, 2.24) is 0 Å². The van der Waals surface area contributed by atoms with E-state index in [4.69, 9.17) is 0 Å². The second-order valence-corrected chi connectivity index (χ2v) is 4.38. The molecule has 0 radical (unpaired) electrons. The second-order valence-electron chi connectivity index (χ2n) is 4.38. The lowest BCUT2D eigenvalue weighted by molar-refractivity contribution is 0.161. The van der Waals surface area contributed by atoms with Crippen LogP contribution in [0.25, 0.3) is 5.57 Å². The summed E-state index contributed by atoms with van der Waals surface area (Å²) in [6, 6.07) is 8.53. The summed E-state index contributed by atoms with van der Waals surface area (Å²) in [6.45, 7) is 3.96. The predicted octanol–water partition coefficient (Wildman–Crippen LogP) is 3.03. The summed E-state index contributed by atoms with van der Waals surface area (Å²) < 4.78 is 0. The van der Waals surface area contributed by atoms with Gasteiger partial charge in [0.2, 0.25) is 0 Å². The number of aliphatic hydroxyl groups excluding tert-OH is 1. The van der Waals surface area contributed by atoms with Gasteiger partial charge in [-0.1, -0.05) is 37.3 Å². The van der Waals surface area contributed by atoms with Crippen molar-refractivity contribution in [2.45, 2.75) is 32.8 Å². The monoisotopic (exact) mass is 202 g/mol. The van der Waals surface area contributed by atoms with E-state index in [1.54, 1.807) is 0 Å². The summed E-state index contributed by atoms with van der Waals surface area (Å²) in [4.78, 5) is 0. The normalized spacial score (nSPS) is 19.0. The van der Waals surface area contributed by atoms with Crippen molar-refractivity contribution in [2.24, 2.45) is 5.92 Å². The first-order valence-electron chi connectivity index (χ1n) is 5.66. The zero-order valence-corrected chi connectivity index (χ0v) is 9.40. The number of benzene rings is 1. The van der Waals surface area contributed by atoms with E-state index in [0.29, 0.717) is 0 Å². The maximum absolute atomic E-state index is 9.66. The highest BCUT2D eigenvalue weighted by atomic mass is 16.3. The Labute approximate surface area is 91.4 Å². The van der Waals surface area contributed by atoms with Crippen molar-refractivity contribution in [3.63, 3.8) is 0 Å². The van der Waals surface area contributed by atoms with Gasteiger partial charge in [0.05, 0.1) is 6.10 Å². The van der Waals surface area contributed by atoms with Crippen LogP contribution in [0.5, 0.6) is 0 Å². The van der Waals surface area contributed by atoms with Crippen LogP contribution in [0.3, 0.4) is 0 Å². The van der Waals surface area contributed by atoms with Gasteiger partial charge in [0.15, 0.2) is 0 Å². The van der Waals surface area contributed by atoms with Crippen molar-refractivity contribution in [3.8, 4) is 0 Å². The van der Waals surface area contributed by atoms with Gasteiger partial charge >= 0.3 is 0 Å². The highest BCUT2D eigenvalue weighted by molar-refractivity contribution is 5.71. The van der Waals surface area contributed by atoms with Crippen LogP contribution in [0.4, 0.5) is 0 Å². The fourth-order valence-corrected chi connectivity index (χ4v) is 2.20. The van der Waals surface area contributed by atoms with E-state index >= 15 is 0 Å². The Balaban J connectivity index is 2.38. The van der Waals surface area contributed by atoms with E-state index in [1.807, 2.05) is 6.92 Å². The lowest BCUT2D eigenvalue weighted by Crippen LogP contribution is -2.17. The minimum Gasteiger partial charge on any atom is -0.393 e. The maximum Gasteiger partial charge on any atom is 0.0578 e. The molecule has 0 unspecified atom stereocenters. The van der Waals surface area contributed by atoms with E-state index in [2.05, 4.69) is 37.3 Å². The molecule has 0 fully saturated rings. The van der Waals surface area contributed by atoms with E-state index in [9.17, 15) is 5.11 Å². The third kappa shape index (κ3) is 1.98. The number of hydrogen-bond donors (Lipinski definition) is 1. The molecule has 1 aromatic carbocycles. The Morgan fingerprint density at radius 3 is 2.67 bits per heavy atom. The van der Waals surface area contributed by atoms with Crippen LogP contribution in [0.2, 0.25) is 0 Å². The molecular weight excluding hydrogens is 184 g/mol. The van der Waals surface area contributed by atoms with Crippen LogP contribution in [-0.2, 0) is 6.42 Å². The quantitative estimate of drug-likeness (QED) is 0.781. The number of aliphatic hydroxyl groups is 1. The third-order valence-corrected chi connectivity index (χ3v) is 3.32. The van der Waals surface area contributed by atoms with Gasteiger partial charge in [-0.25, -0.2) is 0 Å². The molecule has 80 valence electrons. The summed E-state index contributed by atoms with van der Waals surface area (Å²) in [6.07, 6.45) is 4.23. The smallest absolute Gasteiger partial charge is 0.0578 e. The van der Waals surface area contributed by atoms with E-state index in [-0.39, 0.29) is 12.0 Å². The number of aryl methyl sites for hydroxylation is 1. The van der Waals surface area contributed by atoms with Gasteiger partial charge < -0.3 is 5.11 Å².